The fourth-order valence-corrected chi connectivity index (χ4v) is 4.32. The molecule has 11 heteroatoms. The zero-order chi connectivity index (χ0) is 24.4. The second-order valence-corrected chi connectivity index (χ2v) is 8.48. The van der Waals surface area contributed by atoms with E-state index in [-0.39, 0.29) is 30.0 Å². The Hall–Kier alpha value is -4.15. The summed E-state index contributed by atoms with van der Waals surface area (Å²) in [5.41, 5.74) is 1.81. The lowest BCUT2D eigenvalue weighted by Gasteiger charge is -2.27. The molecular weight excluding hydrogens is 458 g/mol. The average Bonchev–Trinajstić information content (AvgIpc) is 3.52. The first-order valence-electron chi connectivity index (χ1n) is 11.2. The molecule has 0 amide bonds. The van der Waals surface area contributed by atoms with Crippen molar-refractivity contribution in [1.29, 1.82) is 0 Å². The first-order valence-corrected chi connectivity index (χ1v) is 11.2. The topological polar surface area (TPSA) is 119 Å². The Kier molecular flexibility index (Phi) is 6.21. The predicted octanol–water partition coefficient (Wildman–Crippen LogP) is 4.38. The Morgan fingerprint density at radius 3 is 2.80 bits per heavy atom. The quantitative estimate of drug-likeness (QED) is 0.400. The molecule has 9 nitrogen and oxygen atoms in total. The number of aromatic nitrogens is 5. The van der Waals surface area contributed by atoms with E-state index in [1.807, 2.05) is 0 Å². The molecule has 35 heavy (non-hydrogen) atoms. The molecule has 0 bridgehead atoms. The summed E-state index contributed by atoms with van der Waals surface area (Å²) in [5, 5.41) is 20.9. The number of benzene rings is 1. The van der Waals surface area contributed by atoms with Crippen LogP contribution in [-0.4, -0.2) is 42.0 Å². The smallest absolute Gasteiger partial charge is 0.306 e. The van der Waals surface area contributed by atoms with Crippen LogP contribution in [0.2, 0.25) is 0 Å². The van der Waals surface area contributed by atoms with Gasteiger partial charge in [0.15, 0.2) is 17.5 Å². The first-order chi connectivity index (χ1) is 17.0. The largest absolute Gasteiger partial charge is 0.481 e. The van der Waals surface area contributed by atoms with E-state index in [2.05, 4.69) is 25.5 Å². The fraction of sp³-hybridized carbons (Fsp3) is 0.292. The third-order valence-electron chi connectivity index (χ3n) is 6.10. The monoisotopic (exact) mass is 480 g/mol. The summed E-state index contributed by atoms with van der Waals surface area (Å²) in [7, 11) is 0. The van der Waals surface area contributed by atoms with Gasteiger partial charge in [0.05, 0.1) is 24.4 Å². The van der Waals surface area contributed by atoms with E-state index in [1.54, 1.807) is 35.0 Å². The Morgan fingerprint density at radius 2 is 2.03 bits per heavy atom. The SMILES string of the molecule is O=C(O)[C@H]1CCC[C@@H](Nc2nc(-c3cc(-c4ccon4)n(Cc4ccccc4F)n3)ncc2F)C1. The minimum Gasteiger partial charge on any atom is -0.481 e. The lowest BCUT2D eigenvalue weighted by Crippen LogP contribution is -2.31. The molecule has 4 aromatic rings. The molecule has 3 heterocycles. The first kappa shape index (κ1) is 22.6. The van der Waals surface area contributed by atoms with Gasteiger partial charge in [-0.15, -0.1) is 0 Å². The van der Waals surface area contributed by atoms with Crippen molar-refractivity contribution >= 4 is 11.8 Å². The highest BCUT2D eigenvalue weighted by Gasteiger charge is 2.28. The number of carboxylic acid groups (broad SMARTS) is 1. The standard InChI is InChI=1S/C24H22F2N6O3/c25-17-7-2-1-4-15(17)13-32-21(19-8-9-35-31-19)11-20(30-32)23-27-12-18(26)22(29-23)28-16-6-3-5-14(10-16)24(33)34/h1-2,4,7-9,11-12,14,16H,3,5-6,10,13H2,(H,33,34)(H,27,28,29)/t14-,16+/m0/s1. The molecule has 0 saturated heterocycles. The van der Waals surface area contributed by atoms with E-state index in [9.17, 15) is 18.7 Å². The summed E-state index contributed by atoms with van der Waals surface area (Å²) < 4.78 is 35.4. The molecule has 1 fully saturated rings. The van der Waals surface area contributed by atoms with Gasteiger partial charge in [-0.05, 0) is 31.4 Å². The van der Waals surface area contributed by atoms with Crippen LogP contribution < -0.4 is 5.32 Å². The number of rotatable bonds is 7. The minimum atomic E-state index is -0.846. The molecule has 0 aliphatic heterocycles. The van der Waals surface area contributed by atoms with Crippen LogP contribution in [-0.2, 0) is 11.3 Å². The minimum absolute atomic E-state index is 0.0160. The molecule has 1 saturated carbocycles. The number of anilines is 1. The fourth-order valence-electron chi connectivity index (χ4n) is 4.32. The molecule has 0 radical (unpaired) electrons. The van der Waals surface area contributed by atoms with Gasteiger partial charge in [0.2, 0.25) is 0 Å². The summed E-state index contributed by atoms with van der Waals surface area (Å²) in [6.07, 6.45) is 4.91. The van der Waals surface area contributed by atoms with Crippen LogP contribution in [0.25, 0.3) is 22.9 Å². The van der Waals surface area contributed by atoms with Crippen LogP contribution in [0, 0.1) is 17.6 Å². The summed E-state index contributed by atoms with van der Waals surface area (Å²) in [4.78, 5) is 19.8. The van der Waals surface area contributed by atoms with Crippen LogP contribution in [0.3, 0.4) is 0 Å². The van der Waals surface area contributed by atoms with Gasteiger partial charge in [-0.3, -0.25) is 9.48 Å². The van der Waals surface area contributed by atoms with Gasteiger partial charge in [0, 0.05) is 17.7 Å². The summed E-state index contributed by atoms with van der Waals surface area (Å²) >= 11 is 0. The van der Waals surface area contributed by atoms with Gasteiger partial charge in [0.25, 0.3) is 0 Å². The van der Waals surface area contributed by atoms with Gasteiger partial charge in [-0.2, -0.15) is 5.10 Å². The van der Waals surface area contributed by atoms with E-state index in [0.29, 0.717) is 35.5 Å². The van der Waals surface area contributed by atoms with Gasteiger partial charge in [-0.1, -0.05) is 29.8 Å². The molecule has 0 spiro atoms. The van der Waals surface area contributed by atoms with E-state index >= 15 is 0 Å². The van der Waals surface area contributed by atoms with Crippen molar-refractivity contribution in [3.63, 3.8) is 0 Å². The molecule has 2 atom stereocenters. The zero-order valence-corrected chi connectivity index (χ0v) is 18.6. The lowest BCUT2D eigenvalue weighted by molar-refractivity contribution is -0.142. The van der Waals surface area contributed by atoms with Crippen molar-refractivity contribution in [3.05, 3.63) is 66.1 Å². The van der Waals surface area contributed by atoms with Crippen LogP contribution in [0.5, 0.6) is 0 Å². The van der Waals surface area contributed by atoms with Crippen molar-refractivity contribution in [2.75, 3.05) is 5.32 Å². The molecule has 3 aromatic heterocycles. The van der Waals surface area contributed by atoms with Crippen molar-refractivity contribution in [2.24, 2.45) is 5.92 Å². The van der Waals surface area contributed by atoms with Crippen molar-refractivity contribution in [3.8, 4) is 22.9 Å². The summed E-state index contributed by atoms with van der Waals surface area (Å²) in [6, 6.07) is 9.49. The van der Waals surface area contributed by atoms with E-state index in [1.165, 1.54) is 12.3 Å². The molecule has 180 valence electrons. The van der Waals surface area contributed by atoms with Crippen LogP contribution in [0.4, 0.5) is 14.6 Å². The number of halogens is 2. The molecule has 1 aliphatic rings. The van der Waals surface area contributed by atoms with E-state index in [0.717, 1.165) is 19.0 Å². The number of carbonyl (C=O) groups is 1. The van der Waals surface area contributed by atoms with Crippen LogP contribution in [0.15, 0.2) is 53.4 Å². The number of aliphatic carboxylic acids is 1. The van der Waals surface area contributed by atoms with Gasteiger partial charge in [0.1, 0.15) is 23.5 Å². The highest BCUT2D eigenvalue weighted by molar-refractivity contribution is 5.70. The molecule has 5 rings (SSSR count). The molecule has 2 N–H and O–H groups in total. The second kappa shape index (κ2) is 9.61. The summed E-state index contributed by atoms with van der Waals surface area (Å²) in [5.74, 6) is -2.18. The third-order valence-corrected chi connectivity index (χ3v) is 6.10. The second-order valence-electron chi connectivity index (χ2n) is 8.48. The normalized spacial score (nSPS) is 17.9. The highest BCUT2D eigenvalue weighted by atomic mass is 19.1. The number of hydrogen-bond acceptors (Lipinski definition) is 7. The van der Waals surface area contributed by atoms with Crippen LogP contribution >= 0.6 is 0 Å². The zero-order valence-electron chi connectivity index (χ0n) is 18.6. The molecule has 1 aromatic carbocycles. The Labute approximate surface area is 198 Å². The molecule has 0 unspecified atom stereocenters. The Balaban J connectivity index is 1.46. The number of hydrogen-bond donors (Lipinski definition) is 2. The van der Waals surface area contributed by atoms with Gasteiger partial charge >= 0.3 is 5.97 Å². The van der Waals surface area contributed by atoms with Crippen molar-refractivity contribution in [2.45, 2.75) is 38.3 Å². The van der Waals surface area contributed by atoms with Gasteiger partial charge < -0.3 is 14.9 Å². The van der Waals surface area contributed by atoms with Crippen molar-refractivity contribution < 1.29 is 23.2 Å². The summed E-state index contributed by atoms with van der Waals surface area (Å²) in [6.45, 7) is 0.125. The predicted molar refractivity (Wildman–Crippen MR) is 121 cm³/mol. The Morgan fingerprint density at radius 1 is 1.17 bits per heavy atom. The highest BCUT2D eigenvalue weighted by Crippen LogP contribution is 2.29. The maximum Gasteiger partial charge on any atom is 0.306 e. The van der Waals surface area contributed by atoms with Gasteiger partial charge in [-0.25, -0.2) is 18.7 Å². The van der Waals surface area contributed by atoms with E-state index < -0.39 is 17.7 Å². The molecular formula is C24H22F2N6O3. The third kappa shape index (κ3) is 4.88. The van der Waals surface area contributed by atoms with E-state index in [4.69, 9.17) is 4.52 Å². The molecule has 1 aliphatic carbocycles. The maximum atomic E-state index is 14.5. The van der Waals surface area contributed by atoms with Crippen molar-refractivity contribution in [1.82, 2.24) is 24.9 Å². The maximum absolute atomic E-state index is 14.5. The lowest BCUT2D eigenvalue weighted by atomic mass is 9.86. The average molecular weight is 480 g/mol. The Bertz CT molecular complexity index is 1340. The number of nitrogens with zero attached hydrogens (tertiary/aromatic N) is 5. The van der Waals surface area contributed by atoms with Crippen LogP contribution in [0.1, 0.15) is 31.2 Å². The number of nitrogens with one attached hydrogen (secondary N) is 1. The number of carboxylic acids is 1.